The molecule has 1 heterocycles. The van der Waals surface area contributed by atoms with Gasteiger partial charge >= 0.3 is 12.1 Å². The van der Waals surface area contributed by atoms with Crippen LogP contribution < -0.4 is 14.8 Å². The van der Waals surface area contributed by atoms with Gasteiger partial charge in [-0.25, -0.2) is 9.59 Å². The summed E-state index contributed by atoms with van der Waals surface area (Å²) in [5.74, 6) is -0.407. The summed E-state index contributed by atoms with van der Waals surface area (Å²) >= 11 is 3.41. The number of alkyl carbamates (subject to hydrolysis) is 1. The summed E-state index contributed by atoms with van der Waals surface area (Å²) in [4.78, 5) is 23.5. The molecule has 0 bridgehead atoms. The number of hydrogen-bond acceptors (Lipinski definition) is 5. The van der Waals surface area contributed by atoms with E-state index >= 15 is 0 Å². The first-order valence-corrected chi connectivity index (χ1v) is 11.1. The van der Waals surface area contributed by atoms with Crippen LogP contribution in [0.4, 0.5) is 4.79 Å². The number of halogens is 1. The maximum Gasteiger partial charge on any atom is 0.407 e. The van der Waals surface area contributed by atoms with Gasteiger partial charge in [-0.2, -0.15) is 0 Å². The zero-order valence-electron chi connectivity index (χ0n) is 18.1. The maximum absolute atomic E-state index is 12.0. The maximum atomic E-state index is 12.0. The van der Waals surface area contributed by atoms with Crippen LogP contribution in [0.2, 0.25) is 0 Å². The Bertz CT molecular complexity index is 841. The van der Waals surface area contributed by atoms with Crippen LogP contribution in [0.3, 0.4) is 0 Å². The molecule has 1 aliphatic carbocycles. The van der Waals surface area contributed by atoms with Crippen molar-refractivity contribution in [3.8, 4) is 11.5 Å². The van der Waals surface area contributed by atoms with Gasteiger partial charge in [0, 0.05) is 24.9 Å². The average molecular weight is 484 g/mol. The molecule has 1 aromatic rings. The Morgan fingerprint density at radius 3 is 2.40 bits per heavy atom. The lowest BCUT2D eigenvalue weighted by molar-refractivity contribution is -0.0836. The molecule has 1 saturated carbocycles. The lowest BCUT2D eigenvalue weighted by Gasteiger charge is -2.33. The van der Waals surface area contributed by atoms with Crippen LogP contribution >= 0.6 is 15.9 Å². The van der Waals surface area contributed by atoms with E-state index in [1.165, 1.54) is 0 Å². The van der Waals surface area contributed by atoms with E-state index in [1.54, 1.807) is 13.0 Å². The number of hydrogen-bond donors (Lipinski definition) is 2. The average Bonchev–Trinajstić information content (AvgIpc) is 2.96. The number of nitrogens with one attached hydrogen (secondary N) is 1. The van der Waals surface area contributed by atoms with Crippen molar-refractivity contribution in [1.29, 1.82) is 0 Å². The summed E-state index contributed by atoms with van der Waals surface area (Å²) in [7, 11) is 0. The predicted molar refractivity (Wildman–Crippen MR) is 115 cm³/mol. The highest BCUT2D eigenvalue weighted by Crippen LogP contribution is 2.50. The minimum Gasteiger partial charge on any atom is -0.478 e. The van der Waals surface area contributed by atoms with Gasteiger partial charge in [0.2, 0.25) is 5.79 Å². The summed E-state index contributed by atoms with van der Waals surface area (Å²) in [6, 6.07) is 1.67. The van der Waals surface area contributed by atoms with Gasteiger partial charge in [-0.15, -0.1) is 0 Å². The molecule has 8 heteroatoms. The van der Waals surface area contributed by atoms with Crippen molar-refractivity contribution in [3.05, 3.63) is 21.7 Å². The number of amides is 1. The largest absolute Gasteiger partial charge is 0.478 e. The minimum atomic E-state index is -0.996. The highest BCUT2D eigenvalue weighted by atomic mass is 79.9. The highest BCUT2D eigenvalue weighted by Gasteiger charge is 2.42. The molecule has 0 aromatic heterocycles. The van der Waals surface area contributed by atoms with Gasteiger partial charge < -0.3 is 24.6 Å². The molecule has 2 N–H and O–H groups in total. The monoisotopic (exact) mass is 483 g/mol. The molecule has 1 amide bonds. The number of benzene rings is 1. The zero-order valence-corrected chi connectivity index (χ0v) is 19.7. The van der Waals surface area contributed by atoms with Crippen molar-refractivity contribution >= 4 is 28.0 Å². The molecule has 0 saturated heterocycles. The van der Waals surface area contributed by atoms with E-state index in [4.69, 9.17) is 14.2 Å². The number of carbonyl (C=O) groups excluding carboxylic acids is 1. The SMILES string of the molecule is Cc1c(C(=O)O)cc(Br)c2c1OC(C)(CC1CCC(NC(=O)OC(C)(C)C)CC1)O2. The Morgan fingerprint density at radius 2 is 1.83 bits per heavy atom. The van der Waals surface area contributed by atoms with Crippen LogP contribution in [0.15, 0.2) is 10.5 Å². The van der Waals surface area contributed by atoms with Crippen molar-refractivity contribution in [1.82, 2.24) is 5.32 Å². The van der Waals surface area contributed by atoms with E-state index in [1.807, 2.05) is 27.7 Å². The first-order valence-electron chi connectivity index (χ1n) is 10.3. The van der Waals surface area contributed by atoms with Gasteiger partial charge in [0.15, 0.2) is 11.5 Å². The summed E-state index contributed by atoms with van der Waals surface area (Å²) in [5.41, 5.74) is 0.256. The first kappa shape index (κ1) is 22.7. The fourth-order valence-electron chi connectivity index (χ4n) is 4.19. The third-order valence-electron chi connectivity index (χ3n) is 5.53. The van der Waals surface area contributed by atoms with E-state index in [9.17, 15) is 14.7 Å². The molecule has 166 valence electrons. The molecule has 0 radical (unpaired) electrons. The van der Waals surface area contributed by atoms with Gasteiger partial charge in [-0.05, 0) is 81.3 Å². The van der Waals surface area contributed by atoms with Crippen molar-refractivity contribution in [3.63, 3.8) is 0 Å². The van der Waals surface area contributed by atoms with Crippen molar-refractivity contribution in [2.75, 3.05) is 0 Å². The molecular formula is C22H30BrNO6. The van der Waals surface area contributed by atoms with Crippen LogP contribution in [-0.4, -0.2) is 34.6 Å². The second-order valence-electron chi connectivity index (χ2n) is 9.40. The Hall–Kier alpha value is -1.96. The topological polar surface area (TPSA) is 94.1 Å². The van der Waals surface area contributed by atoms with Crippen LogP contribution in [0, 0.1) is 12.8 Å². The third kappa shape index (κ3) is 5.20. The van der Waals surface area contributed by atoms with Crippen LogP contribution in [0.5, 0.6) is 11.5 Å². The fourth-order valence-corrected chi connectivity index (χ4v) is 4.68. The number of carboxylic acid groups (broad SMARTS) is 1. The molecule has 1 atom stereocenters. The van der Waals surface area contributed by atoms with E-state index < -0.39 is 17.4 Å². The number of rotatable bonds is 4. The van der Waals surface area contributed by atoms with E-state index in [0.29, 0.717) is 33.9 Å². The molecule has 3 rings (SSSR count). The highest BCUT2D eigenvalue weighted by molar-refractivity contribution is 9.10. The normalized spacial score (nSPS) is 25.7. The van der Waals surface area contributed by atoms with Gasteiger partial charge in [0.05, 0.1) is 10.0 Å². The Morgan fingerprint density at radius 1 is 1.23 bits per heavy atom. The van der Waals surface area contributed by atoms with E-state index in [-0.39, 0.29) is 17.7 Å². The van der Waals surface area contributed by atoms with Gasteiger partial charge in [0.1, 0.15) is 5.60 Å². The molecular weight excluding hydrogens is 454 g/mol. The number of fused-ring (bicyclic) bond motifs is 1. The number of carbonyl (C=O) groups is 2. The minimum absolute atomic E-state index is 0.112. The van der Waals surface area contributed by atoms with Crippen LogP contribution in [0.25, 0.3) is 0 Å². The zero-order chi connectivity index (χ0) is 22.3. The van der Waals surface area contributed by atoms with Gasteiger partial charge in [-0.1, -0.05) is 0 Å². The molecule has 1 unspecified atom stereocenters. The Kier molecular flexibility index (Phi) is 6.28. The second-order valence-corrected chi connectivity index (χ2v) is 10.3. The summed E-state index contributed by atoms with van der Waals surface area (Å²) in [6.07, 6.45) is 3.96. The summed E-state index contributed by atoms with van der Waals surface area (Å²) in [6.45, 7) is 9.18. The number of carboxylic acids is 1. The lowest BCUT2D eigenvalue weighted by Crippen LogP contribution is -2.42. The van der Waals surface area contributed by atoms with Gasteiger partial charge in [0.25, 0.3) is 0 Å². The third-order valence-corrected chi connectivity index (χ3v) is 6.12. The molecule has 1 fully saturated rings. The summed E-state index contributed by atoms with van der Waals surface area (Å²) < 4.78 is 18.2. The molecule has 0 spiro atoms. The standard InChI is InChI=1S/C22H30BrNO6/c1-12-15(19(25)26)10-16(23)18-17(12)28-22(5,29-18)11-13-6-8-14(9-7-13)24-20(27)30-21(2,3)4/h10,13-14H,6-9,11H2,1-5H3,(H,24,27)(H,25,26). The van der Waals surface area contributed by atoms with Crippen molar-refractivity contribution in [2.24, 2.45) is 5.92 Å². The first-order chi connectivity index (χ1) is 13.9. The Balaban J connectivity index is 1.58. The smallest absolute Gasteiger partial charge is 0.407 e. The summed E-state index contributed by atoms with van der Waals surface area (Å²) in [5, 5.41) is 12.4. The van der Waals surface area contributed by atoms with Crippen LogP contribution in [0.1, 0.15) is 75.7 Å². The van der Waals surface area contributed by atoms with E-state index in [2.05, 4.69) is 21.2 Å². The molecule has 2 aliphatic rings. The van der Waals surface area contributed by atoms with E-state index in [0.717, 1.165) is 25.7 Å². The quantitative estimate of drug-likeness (QED) is 0.593. The van der Waals surface area contributed by atoms with Crippen molar-refractivity contribution in [2.45, 2.75) is 84.2 Å². The second kappa shape index (κ2) is 8.29. The van der Waals surface area contributed by atoms with Crippen molar-refractivity contribution < 1.29 is 28.9 Å². The fraction of sp³-hybridized carbons (Fsp3) is 0.636. The molecule has 1 aliphatic heterocycles. The van der Waals surface area contributed by atoms with Gasteiger partial charge in [-0.3, -0.25) is 0 Å². The molecule has 7 nitrogen and oxygen atoms in total. The van der Waals surface area contributed by atoms with Crippen LogP contribution in [-0.2, 0) is 4.74 Å². The molecule has 1 aromatic carbocycles. The Labute approximate surface area is 185 Å². The number of ether oxygens (including phenoxy) is 3. The lowest BCUT2D eigenvalue weighted by atomic mass is 9.82. The predicted octanol–water partition coefficient (Wildman–Crippen LogP) is 5.42. The molecule has 30 heavy (non-hydrogen) atoms. The number of aromatic carboxylic acids is 1.